The predicted octanol–water partition coefficient (Wildman–Crippen LogP) is 4.09. The van der Waals surface area contributed by atoms with Crippen LogP contribution in [0.15, 0.2) is 54.9 Å². The van der Waals surface area contributed by atoms with Gasteiger partial charge in [-0.25, -0.2) is 4.98 Å². The van der Waals surface area contributed by atoms with Crippen LogP contribution < -0.4 is 4.74 Å². The van der Waals surface area contributed by atoms with Gasteiger partial charge >= 0.3 is 0 Å². The molecule has 0 unspecified atom stereocenters. The fourth-order valence-electron chi connectivity index (χ4n) is 1.87. The van der Waals surface area contributed by atoms with Gasteiger partial charge in [-0.05, 0) is 19.1 Å². The fraction of sp³-hybridized carbons (Fsp3) is 0.125. The second-order valence-corrected chi connectivity index (χ2v) is 5.70. The van der Waals surface area contributed by atoms with Crippen LogP contribution in [0.1, 0.15) is 9.88 Å². The minimum absolute atomic E-state index is 0.540. The lowest BCUT2D eigenvalue weighted by molar-refractivity contribution is 0.308. The molecule has 0 aliphatic rings. The summed E-state index contributed by atoms with van der Waals surface area (Å²) in [5.41, 5.74) is 2.06. The third kappa shape index (κ3) is 3.03. The fourth-order valence-corrected chi connectivity index (χ4v) is 2.58. The summed E-state index contributed by atoms with van der Waals surface area (Å²) in [6.07, 6.45) is 3.61. The van der Waals surface area contributed by atoms with Crippen LogP contribution in [0.3, 0.4) is 0 Å². The van der Waals surface area contributed by atoms with Crippen LogP contribution in [-0.2, 0) is 6.61 Å². The molecule has 0 atom stereocenters. The van der Waals surface area contributed by atoms with Crippen molar-refractivity contribution in [3.8, 4) is 17.0 Å². The van der Waals surface area contributed by atoms with Crippen molar-refractivity contribution < 1.29 is 4.74 Å². The molecule has 0 N–H and O–H groups in total. The molecule has 2 heterocycles. The zero-order valence-electron chi connectivity index (χ0n) is 11.1. The van der Waals surface area contributed by atoms with E-state index in [0.717, 1.165) is 26.9 Å². The average molecular weight is 282 g/mol. The lowest BCUT2D eigenvalue weighted by Crippen LogP contribution is -1.93. The molecule has 0 fully saturated rings. The standard InChI is InChI=1S/C16H14N2OS/c1-12-17-10-15(20-12)11-19-14-7-8-16(18-9-14)13-5-3-2-4-6-13/h2-10H,11H2,1H3. The smallest absolute Gasteiger partial charge is 0.138 e. The summed E-state index contributed by atoms with van der Waals surface area (Å²) in [4.78, 5) is 9.75. The Hall–Kier alpha value is -2.20. The number of hydrogen-bond donors (Lipinski definition) is 0. The number of thiazole rings is 1. The Balaban J connectivity index is 1.67. The number of aryl methyl sites for hydroxylation is 1. The first-order valence-corrected chi connectivity index (χ1v) is 7.18. The molecule has 0 bridgehead atoms. The largest absolute Gasteiger partial charge is 0.486 e. The molecule has 3 rings (SSSR count). The number of ether oxygens (including phenoxy) is 1. The van der Waals surface area contributed by atoms with E-state index in [4.69, 9.17) is 4.74 Å². The highest BCUT2D eigenvalue weighted by Gasteiger charge is 2.02. The lowest BCUT2D eigenvalue weighted by atomic mass is 10.1. The van der Waals surface area contributed by atoms with Gasteiger partial charge in [0, 0.05) is 11.8 Å². The van der Waals surface area contributed by atoms with Gasteiger partial charge in [0.05, 0.1) is 21.8 Å². The molecule has 0 aliphatic carbocycles. The number of benzene rings is 1. The van der Waals surface area contributed by atoms with E-state index < -0.39 is 0 Å². The maximum absolute atomic E-state index is 5.70. The highest BCUT2D eigenvalue weighted by atomic mass is 32.1. The molecule has 100 valence electrons. The Labute approximate surface area is 121 Å². The number of nitrogens with zero attached hydrogens (tertiary/aromatic N) is 2. The Morgan fingerprint density at radius 2 is 1.85 bits per heavy atom. The van der Waals surface area contributed by atoms with E-state index in [1.54, 1.807) is 17.5 Å². The molecule has 2 aromatic heterocycles. The van der Waals surface area contributed by atoms with Crippen molar-refractivity contribution in [2.75, 3.05) is 0 Å². The number of rotatable bonds is 4. The SMILES string of the molecule is Cc1ncc(COc2ccc(-c3ccccc3)nc2)s1. The van der Waals surface area contributed by atoms with Crippen molar-refractivity contribution in [2.45, 2.75) is 13.5 Å². The lowest BCUT2D eigenvalue weighted by Gasteiger charge is -2.05. The van der Waals surface area contributed by atoms with Crippen LogP contribution in [0, 0.1) is 6.92 Å². The van der Waals surface area contributed by atoms with Crippen molar-refractivity contribution in [2.24, 2.45) is 0 Å². The molecule has 0 amide bonds. The van der Waals surface area contributed by atoms with E-state index >= 15 is 0 Å². The quantitative estimate of drug-likeness (QED) is 0.723. The summed E-state index contributed by atoms with van der Waals surface area (Å²) in [6.45, 7) is 2.53. The summed E-state index contributed by atoms with van der Waals surface area (Å²) in [7, 11) is 0. The van der Waals surface area contributed by atoms with E-state index in [1.807, 2.05) is 55.6 Å². The van der Waals surface area contributed by atoms with Crippen molar-refractivity contribution in [1.82, 2.24) is 9.97 Å². The van der Waals surface area contributed by atoms with E-state index in [0.29, 0.717) is 6.61 Å². The summed E-state index contributed by atoms with van der Waals surface area (Å²) >= 11 is 1.65. The van der Waals surface area contributed by atoms with Gasteiger partial charge in [-0.2, -0.15) is 0 Å². The van der Waals surface area contributed by atoms with Gasteiger partial charge in [0.25, 0.3) is 0 Å². The number of hydrogen-bond acceptors (Lipinski definition) is 4. The second-order valence-electron chi connectivity index (χ2n) is 4.38. The Bertz CT molecular complexity index is 677. The normalized spacial score (nSPS) is 10.4. The second kappa shape index (κ2) is 5.84. The average Bonchev–Trinajstić information content (AvgIpc) is 2.92. The molecule has 3 aromatic rings. The van der Waals surface area contributed by atoms with Gasteiger partial charge in [-0.1, -0.05) is 30.3 Å². The highest BCUT2D eigenvalue weighted by molar-refractivity contribution is 7.11. The Kier molecular flexibility index (Phi) is 3.74. The van der Waals surface area contributed by atoms with Crippen LogP contribution >= 0.6 is 11.3 Å². The first-order chi connectivity index (χ1) is 9.81. The predicted molar refractivity (Wildman–Crippen MR) is 80.9 cm³/mol. The minimum atomic E-state index is 0.540. The van der Waals surface area contributed by atoms with Crippen LogP contribution in [0.5, 0.6) is 5.75 Å². The molecule has 20 heavy (non-hydrogen) atoms. The maximum Gasteiger partial charge on any atom is 0.138 e. The monoisotopic (exact) mass is 282 g/mol. The first kappa shape index (κ1) is 12.8. The van der Waals surface area contributed by atoms with Gasteiger partial charge in [0.15, 0.2) is 0 Å². The molecule has 0 saturated carbocycles. The molecule has 0 spiro atoms. The van der Waals surface area contributed by atoms with Crippen LogP contribution in [0.2, 0.25) is 0 Å². The number of pyridine rings is 1. The summed E-state index contributed by atoms with van der Waals surface area (Å²) < 4.78 is 5.70. The summed E-state index contributed by atoms with van der Waals surface area (Å²) in [5, 5.41) is 1.06. The van der Waals surface area contributed by atoms with Crippen molar-refractivity contribution >= 4 is 11.3 Å². The molecule has 3 nitrogen and oxygen atoms in total. The molecule has 0 radical (unpaired) electrons. The van der Waals surface area contributed by atoms with Crippen LogP contribution in [0.4, 0.5) is 0 Å². The van der Waals surface area contributed by atoms with Gasteiger partial charge in [0.1, 0.15) is 12.4 Å². The van der Waals surface area contributed by atoms with Crippen LogP contribution in [-0.4, -0.2) is 9.97 Å². The zero-order valence-corrected chi connectivity index (χ0v) is 11.9. The van der Waals surface area contributed by atoms with E-state index in [9.17, 15) is 0 Å². The Morgan fingerprint density at radius 1 is 1.00 bits per heavy atom. The summed E-state index contributed by atoms with van der Waals surface area (Å²) in [6, 6.07) is 14.0. The number of aromatic nitrogens is 2. The third-order valence-corrected chi connectivity index (χ3v) is 3.74. The van der Waals surface area contributed by atoms with Crippen LogP contribution in [0.25, 0.3) is 11.3 Å². The molecular formula is C16H14N2OS. The van der Waals surface area contributed by atoms with E-state index in [2.05, 4.69) is 9.97 Å². The highest BCUT2D eigenvalue weighted by Crippen LogP contribution is 2.20. The maximum atomic E-state index is 5.70. The van der Waals surface area contributed by atoms with Crippen molar-refractivity contribution in [3.05, 3.63) is 64.7 Å². The van der Waals surface area contributed by atoms with Crippen molar-refractivity contribution in [3.63, 3.8) is 0 Å². The third-order valence-electron chi connectivity index (χ3n) is 2.86. The first-order valence-electron chi connectivity index (χ1n) is 6.37. The topological polar surface area (TPSA) is 35.0 Å². The summed E-state index contributed by atoms with van der Waals surface area (Å²) in [5.74, 6) is 0.774. The van der Waals surface area contributed by atoms with Gasteiger partial charge in [0.2, 0.25) is 0 Å². The molecular weight excluding hydrogens is 268 g/mol. The molecule has 4 heteroatoms. The van der Waals surface area contributed by atoms with E-state index in [1.165, 1.54) is 0 Å². The van der Waals surface area contributed by atoms with Gasteiger partial charge in [-0.15, -0.1) is 11.3 Å². The van der Waals surface area contributed by atoms with Crippen molar-refractivity contribution in [1.29, 1.82) is 0 Å². The Morgan fingerprint density at radius 3 is 2.50 bits per heavy atom. The minimum Gasteiger partial charge on any atom is -0.486 e. The van der Waals surface area contributed by atoms with Gasteiger partial charge in [-0.3, -0.25) is 4.98 Å². The van der Waals surface area contributed by atoms with Gasteiger partial charge < -0.3 is 4.74 Å². The zero-order chi connectivity index (χ0) is 13.8. The molecule has 1 aromatic carbocycles. The molecule has 0 aliphatic heterocycles. The van der Waals surface area contributed by atoms with E-state index in [-0.39, 0.29) is 0 Å². The molecule has 0 saturated heterocycles.